The number of nitrogens with zero attached hydrogens (tertiary/aromatic N) is 1. The monoisotopic (exact) mass is 364 g/mol. The number of likely N-dealkylation sites (tertiary alicyclic amines) is 1. The molecule has 25 heavy (non-hydrogen) atoms. The molecule has 0 aromatic heterocycles. The van der Waals surface area contributed by atoms with E-state index in [4.69, 9.17) is 4.74 Å². The molecule has 1 aromatic rings. The number of ether oxygens (including phenoxy) is 1. The summed E-state index contributed by atoms with van der Waals surface area (Å²) in [4.78, 5) is 26.2. The molecule has 0 bridgehead atoms. The van der Waals surface area contributed by atoms with Crippen LogP contribution in [0.4, 0.5) is 4.79 Å². The third-order valence-electron chi connectivity index (χ3n) is 3.84. The van der Waals surface area contributed by atoms with Gasteiger partial charge in [-0.2, -0.15) is 11.8 Å². The van der Waals surface area contributed by atoms with Crippen molar-refractivity contribution in [3.8, 4) is 0 Å². The van der Waals surface area contributed by atoms with Gasteiger partial charge in [-0.1, -0.05) is 30.3 Å². The van der Waals surface area contributed by atoms with Crippen LogP contribution < -0.4 is 5.32 Å². The molecule has 5 nitrogen and oxygen atoms in total. The molecule has 138 valence electrons. The highest BCUT2D eigenvalue weighted by molar-refractivity contribution is 7.98. The summed E-state index contributed by atoms with van der Waals surface area (Å²) in [7, 11) is 0. The summed E-state index contributed by atoms with van der Waals surface area (Å²) in [6.45, 7) is 6.69. The molecule has 0 radical (unpaired) electrons. The second kappa shape index (κ2) is 9.13. The fraction of sp³-hybridized carbons (Fsp3) is 0.579. The number of benzene rings is 1. The molecule has 0 aliphatic carbocycles. The van der Waals surface area contributed by atoms with Gasteiger partial charge in [-0.05, 0) is 39.2 Å². The molecule has 1 heterocycles. The van der Waals surface area contributed by atoms with E-state index in [1.807, 2.05) is 39.0 Å². The minimum Gasteiger partial charge on any atom is -0.444 e. The fourth-order valence-electron chi connectivity index (χ4n) is 2.71. The van der Waals surface area contributed by atoms with Gasteiger partial charge in [-0.15, -0.1) is 0 Å². The Kier molecular flexibility index (Phi) is 7.17. The molecule has 6 heteroatoms. The van der Waals surface area contributed by atoms with E-state index in [0.29, 0.717) is 19.5 Å². The Balaban J connectivity index is 1.71. The predicted molar refractivity (Wildman–Crippen MR) is 102 cm³/mol. The maximum absolute atomic E-state index is 12.4. The number of carbonyl (C=O) groups excluding carboxylic acids is 2. The molecule has 1 N–H and O–H groups in total. The van der Waals surface area contributed by atoms with Crippen molar-refractivity contribution in [1.82, 2.24) is 10.2 Å². The highest BCUT2D eigenvalue weighted by atomic mass is 32.2. The molecule has 1 aliphatic heterocycles. The van der Waals surface area contributed by atoms with Crippen LogP contribution >= 0.6 is 11.8 Å². The first kappa shape index (κ1) is 19.6. The van der Waals surface area contributed by atoms with Crippen LogP contribution in [0.3, 0.4) is 0 Å². The first-order valence-corrected chi connectivity index (χ1v) is 9.91. The largest absolute Gasteiger partial charge is 0.444 e. The van der Waals surface area contributed by atoms with Crippen molar-refractivity contribution in [2.75, 3.05) is 18.8 Å². The number of carbonyl (C=O) groups is 2. The van der Waals surface area contributed by atoms with Crippen molar-refractivity contribution in [1.29, 1.82) is 0 Å². The number of rotatable bonds is 6. The molecular formula is C19H28N2O3S. The van der Waals surface area contributed by atoms with Gasteiger partial charge in [0.15, 0.2) is 0 Å². The van der Waals surface area contributed by atoms with E-state index in [0.717, 1.165) is 17.9 Å². The molecule has 1 aromatic carbocycles. The standard InChI is InChI=1S/C19H28N2O3S/c1-19(2,3)24-18(23)21-12-7-10-16(21)17(22)20-11-13-25-14-15-8-5-4-6-9-15/h4-6,8-9,16H,7,10-14H2,1-3H3,(H,20,22). The molecule has 0 spiro atoms. The average molecular weight is 365 g/mol. The Bertz CT molecular complexity index is 572. The van der Waals surface area contributed by atoms with Crippen molar-refractivity contribution in [2.24, 2.45) is 0 Å². The van der Waals surface area contributed by atoms with Gasteiger partial charge in [-0.3, -0.25) is 9.69 Å². The molecule has 0 saturated carbocycles. The van der Waals surface area contributed by atoms with Crippen LogP contribution in [0, 0.1) is 0 Å². The van der Waals surface area contributed by atoms with E-state index in [1.165, 1.54) is 5.56 Å². The molecular weight excluding hydrogens is 336 g/mol. The number of nitrogens with one attached hydrogen (secondary N) is 1. The first-order valence-electron chi connectivity index (χ1n) is 8.76. The van der Waals surface area contributed by atoms with Gasteiger partial charge < -0.3 is 10.1 Å². The normalized spacial score (nSPS) is 17.4. The number of hydrogen-bond acceptors (Lipinski definition) is 4. The topological polar surface area (TPSA) is 58.6 Å². The summed E-state index contributed by atoms with van der Waals surface area (Å²) in [5.74, 6) is 1.70. The van der Waals surface area contributed by atoms with Crippen molar-refractivity contribution in [2.45, 2.75) is 51.0 Å². The Labute approximate surface area is 154 Å². The molecule has 1 saturated heterocycles. The van der Waals surface area contributed by atoms with Crippen LogP contribution in [0.2, 0.25) is 0 Å². The molecule has 1 unspecified atom stereocenters. The van der Waals surface area contributed by atoms with Gasteiger partial charge in [0.05, 0.1) is 0 Å². The van der Waals surface area contributed by atoms with Gasteiger partial charge in [-0.25, -0.2) is 4.79 Å². The van der Waals surface area contributed by atoms with Crippen molar-refractivity contribution >= 4 is 23.8 Å². The smallest absolute Gasteiger partial charge is 0.410 e. The number of thioether (sulfide) groups is 1. The second-order valence-corrected chi connectivity index (χ2v) is 8.27. The summed E-state index contributed by atoms with van der Waals surface area (Å²) in [5.41, 5.74) is 0.736. The summed E-state index contributed by atoms with van der Waals surface area (Å²) >= 11 is 1.79. The van der Waals surface area contributed by atoms with Crippen molar-refractivity contribution < 1.29 is 14.3 Å². The van der Waals surface area contributed by atoms with Crippen molar-refractivity contribution in [3.05, 3.63) is 35.9 Å². The van der Waals surface area contributed by atoms with Crippen LogP contribution in [0.15, 0.2) is 30.3 Å². The summed E-state index contributed by atoms with van der Waals surface area (Å²) < 4.78 is 5.40. The Morgan fingerprint density at radius 1 is 1.28 bits per heavy atom. The number of hydrogen-bond donors (Lipinski definition) is 1. The average Bonchev–Trinajstić information content (AvgIpc) is 3.03. The summed E-state index contributed by atoms with van der Waals surface area (Å²) in [6.07, 6.45) is 1.13. The Morgan fingerprint density at radius 3 is 2.68 bits per heavy atom. The summed E-state index contributed by atoms with van der Waals surface area (Å²) in [5, 5.41) is 2.95. The maximum Gasteiger partial charge on any atom is 0.410 e. The van der Waals surface area contributed by atoms with Crippen LogP contribution in [0.5, 0.6) is 0 Å². The zero-order chi connectivity index (χ0) is 18.3. The van der Waals surface area contributed by atoms with E-state index < -0.39 is 17.7 Å². The molecule has 2 amide bonds. The quantitative estimate of drug-likeness (QED) is 0.786. The second-order valence-electron chi connectivity index (χ2n) is 7.16. The molecule has 1 aliphatic rings. The lowest BCUT2D eigenvalue weighted by atomic mass is 10.2. The zero-order valence-electron chi connectivity index (χ0n) is 15.3. The van der Waals surface area contributed by atoms with Crippen LogP contribution in [0.1, 0.15) is 39.2 Å². The predicted octanol–water partition coefficient (Wildman–Crippen LogP) is 3.44. The Hall–Kier alpha value is -1.69. The maximum atomic E-state index is 12.4. The van der Waals surface area contributed by atoms with Crippen LogP contribution in [-0.4, -0.2) is 47.4 Å². The van der Waals surface area contributed by atoms with Gasteiger partial charge >= 0.3 is 6.09 Å². The van der Waals surface area contributed by atoms with Crippen LogP contribution in [0.25, 0.3) is 0 Å². The molecule has 1 atom stereocenters. The minimum atomic E-state index is -0.547. The third-order valence-corrected chi connectivity index (χ3v) is 4.87. The van der Waals surface area contributed by atoms with E-state index in [2.05, 4.69) is 17.4 Å². The summed E-state index contributed by atoms with van der Waals surface area (Å²) in [6, 6.07) is 9.86. The Morgan fingerprint density at radius 2 is 2.00 bits per heavy atom. The first-order chi connectivity index (χ1) is 11.9. The zero-order valence-corrected chi connectivity index (χ0v) is 16.1. The lowest BCUT2D eigenvalue weighted by molar-refractivity contribution is -0.125. The fourth-order valence-corrected chi connectivity index (χ4v) is 3.53. The lowest BCUT2D eigenvalue weighted by Crippen LogP contribution is -2.47. The van der Waals surface area contributed by atoms with E-state index in [1.54, 1.807) is 16.7 Å². The van der Waals surface area contributed by atoms with Gasteiger partial charge in [0.2, 0.25) is 5.91 Å². The SMILES string of the molecule is CC(C)(C)OC(=O)N1CCCC1C(=O)NCCSCc1ccccc1. The number of amides is 2. The minimum absolute atomic E-state index is 0.0799. The van der Waals surface area contributed by atoms with Gasteiger partial charge in [0, 0.05) is 24.6 Å². The van der Waals surface area contributed by atoms with E-state index in [-0.39, 0.29) is 5.91 Å². The van der Waals surface area contributed by atoms with Crippen LogP contribution in [-0.2, 0) is 15.3 Å². The van der Waals surface area contributed by atoms with Crippen molar-refractivity contribution in [3.63, 3.8) is 0 Å². The highest BCUT2D eigenvalue weighted by Gasteiger charge is 2.36. The van der Waals surface area contributed by atoms with Gasteiger partial charge in [0.1, 0.15) is 11.6 Å². The van der Waals surface area contributed by atoms with E-state index in [9.17, 15) is 9.59 Å². The lowest BCUT2D eigenvalue weighted by Gasteiger charge is -2.28. The van der Waals surface area contributed by atoms with Gasteiger partial charge in [0.25, 0.3) is 0 Å². The molecule has 2 rings (SSSR count). The molecule has 1 fully saturated rings. The third kappa shape index (κ3) is 6.61. The van der Waals surface area contributed by atoms with E-state index >= 15 is 0 Å². The highest BCUT2D eigenvalue weighted by Crippen LogP contribution is 2.21.